The van der Waals surface area contributed by atoms with Crippen LogP contribution in [0.2, 0.25) is 0 Å². The molecule has 0 bridgehead atoms. The van der Waals surface area contributed by atoms with E-state index in [0.29, 0.717) is 6.54 Å². The molecule has 0 aromatic heterocycles. The Morgan fingerprint density at radius 1 is 1.18 bits per heavy atom. The van der Waals surface area contributed by atoms with E-state index in [1.54, 1.807) is 11.8 Å². The van der Waals surface area contributed by atoms with E-state index in [2.05, 4.69) is 10.6 Å². The highest BCUT2D eigenvalue weighted by Crippen LogP contribution is 2.19. The Bertz CT molecular complexity index is 618. The van der Waals surface area contributed by atoms with Gasteiger partial charge in [-0.1, -0.05) is 36.4 Å². The van der Waals surface area contributed by atoms with E-state index >= 15 is 0 Å². The molecule has 0 spiro atoms. The van der Waals surface area contributed by atoms with Gasteiger partial charge >= 0.3 is 6.03 Å². The standard InChI is InChI=1S/C17H22N2O2S/c1-22-10-4-9-18-17(21)19-12-16(20)15-8-7-13-5-2-3-6-14(13)11-15/h2-3,5-8,11,16,20H,4,9-10,12H2,1H3,(H2,18,19,21). The normalized spacial score (nSPS) is 12.1. The van der Waals surface area contributed by atoms with Crippen molar-refractivity contribution in [1.29, 1.82) is 0 Å². The molecule has 0 fully saturated rings. The molecule has 2 aromatic carbocycles. The summed E-state index contributed by atoms with van der Waals surface area (Å²) in [5.74, 6) is 1.03. The molecule has 5 heteroatoms. The highest BCUT2D eigenvalue weighted by molar-refractivity contribution is 7.98. The van der Waals surface area contributed by atoms with Gasteiger partial charge in [-0.2, -0.15) is 11.8 Å². The zero-order valence-corrected chi connectivity index (χ0v) is 13.5. The number of amides is 2. The van der Waals surface area contributed by atoms with Crippen LogP contribution in [0, 0.1) is 0 Å². The highest BCUT2D eigenvalue weighted by atomic mass is 32.2. The second-order valence-electron chi connectivity index (χ2n) is 5.11. The predicted octanol–water partition coefficient (Wildman–Crippen LogP) is 2.93. The van der Waals surface area contributed by atoms with Gasteiger partial charge in [-0.05, 0) is 40.8 Å². The molecule has 118 valence electrons. The molecule has 1 unspecified atom stereocenters. The SMILES string of the molecule is CSCCCNC(=O)NCC(O)c1ccc2ccccc2c1. The number of carbonyl (C=O) groups excluding carboxylic acids is 1. The zero-order valence-electron chi connectivity index (χ0n) is 12.7. The molecule has 0 heterocycles. The largest absolute Gasteiger partial charge is 0.387 e. The summed E-state index contributed by atoms with van der Waals surface area (Å²) >= 11 is 1.76. The molecule has 0 aliphatic heterocycles. The van der Waals surface area contributed by atoms with E-state index in [1.165, 1.54) is 0 Å². The molecule has 0 aliphatic carbocycles. The molecule has 0 saturated carbocycles. The molecule has 0 radical (unpaired) electrons. The number of nitrogens with one attached hydrogen (secondary N) is 2. The van der Waals surface area contributed by atoms with E-state index in [4.69, 9.17) is 0 Å². The minimum atomic E-state index is -0.707. The van der Waals surface area contributed by atoms with Crippen molar-refractivity contribution in [3.63, 3.8) is 0 Å². The Morgan fingerprint density at radius 2 is 1.95 bits per heavy atom. The summed E-state index contributed by atoms with van der Waals surface area (Å²) in [5.41, 5.74) is 0.807. The first-order chi connectivity index (χ1) is 10.7. The third-order valence-corrected chi connectivity index (χ3v) is 4.12. The number of aliphatic hydroxyl groups is 1. The lowest BCUT2D eigenvalue weighted by Gasteiger charge is -2.13. The molecular weight excluding hydrogens is 296 g/mol. The van der Waals surface area contributed by atoms with E-state index in [0.717, 1.165) is 28.5 Å². The summed E-state index contributed by atoms with van der Waals surface area (Å²) in [5, 5.41) is 17.9. The lowest BCUT2D eigenvalue weighted by molar-refractivity contribution is 0.173. The average molecular weight is 318 g/mol. The van der Waals surface area contributed by atoms with Crippen LogP contribution in [0.3, 0.4) is 0 Å². The summed E-state index contributed by atoms with van der Waals surface area (Å²) in [6.07, 6.45) is 2.28. The fourth-order valence-corrected chi connectivity index (χ4v) is 2.64. The zero-order chi connectivity index (χ0) is 15.8. The molecule has 3 N–H and O–H groups in total. The van der Waals surface area contributed by atoms with E-state index < -0.39 is 6.10 Å². The van der Waals surface area contributed by atoms with Crippen LogP contribution >= 0.6 is 11.8 Å². The van der Waals surface area contributed by atoms with Crippen LogP contribution in [0.5, 0.6) is 0 Å². The maximum Gasteiger partial charge on any atom is 0.314 e. The second kappa shape index (κ2) is 8.66. The van der Waals surface area contributed by atoms with Crippen molar-refractivity contribution in [3.05, 3.63) is 48.0 Å². The summed E-state index contributed by atoms with van der Waals surface area (Å²) in [6, 6.07) is 13.6. The minimum Gasteiger partial charge on any atom is -0.387 e. The Morgan fingerprint density at radius 3 is 2.73 bits per heavy atom. The van der Waals surface area contributed by atoms with Gasteiger partial charge in [0.05, 0.1) is 6.10 Å². The maximum atomic E-state index is 11.6. The Kier molecular flexibility index (Phi) is 6.55. The van der Waals surface area contributed by atoms with E-state index in [9.17, 15) is 9.90 Å². The number of fused-ring (bicyclic) bond motifs is 1. The number of urea groups is 1. The van der Waals surface area contributed by atoms with Gasteiger partial charge in [0.25, 0.3) is 0 Å². The topological polar surface area (TPSA) is 61.4 Å². The quantitative estimate of drug-likeness (QED) is 0.688. The monoisotopic (exact) mass is 318 g/mol. The summed E-state index contributed by atoms with van der Waals surface area (Å²) in [7, 11) is 0. The minimum absolute atomic E-state index is 0.201. The lowest BCUT2D eigenvalue weighted by Crippen LogP contribution is -2.38. The van der Waals surface area contributed by atoms with Crippen LogP contribution in [-0.2, 0) is 0 Å². The van der Waals surface area contributed by atoms with Crippen molar-refractivity contribution >= 4 is 28.6 Å². The molecule has 0 aliphatic rings. The number of carbonyl (C=O) groups is 1. The van der Waals surface area contributed by atoms with Gasteiger partial charge in [-0.25, -0.2) is 4.79 Å². The van der Waals surface area contributed by atoms with Gasteiger partial charge in [0.2, 0.25) is 0 Å². The number of hydrogen-bond donors (Lipinski definition) is 3. The molecule has 1 atom stereocenters. The highest BCUT2D eigenvalue weighted by Gasteiger charge is 2.09. The number of thioether (sulfide) groups is 1. The number of rotatable bonds is 7. The van der Waals surface area contributed by atoms with Crippen LogP contribution in [0.1, 0.15) is 18.1 Å². The first-order valence-electron chi connectivity index (χ1n) is 7.38. The molecular formula is C17H22N2O2S. The first-order valence-corrected chi connectivity index (χ1v) is 8.77. The molecule has 2 aromatic rings. The Balaban J connectivity index is 1.83. The van der Waals surface area contributed by atoms with Crippen LogP contribution < -0.4 is 10.6 Å². The van der Waals surface area contributed by atoms with Crippen molar-refractivity contribution in [1.82, 2.24) is 10.6 Å². The van der Waals surface area contributed by atoms with Crippen molar-refractivity contribution in [2.75, 3.05) is 25.1 Å². The third-order valence-electron chi connectivity index (χ3n) is 3.43. The second-order valence-corrected chi connectivity index (χ2v) is 6.09. The van der Waals surface area contributed by atoms with Crippen molar-refractivity contribution in [2.24, 2.45) is 0 Å². The average Bonchev–Trinajstić information content (AvgIpc) is 2.56. The molecule has 0 saturated heterocycles. The van der Waals surface area contributed by atoms with E-state index in [1.807, 2.05) is 48.7 Å². The van der Waals surface area contributed by atoms with Crippen LogP contribution in [-0.4, -0.2) is 36.2 Å². The Hall–Kier alpha value is -1.72. The number of aliphatic hydroxyl groups excluding tert-OH is 1. The van der Waals surface area contributed by atoms with Crippen molar-refractivity contribution < 1.29 is 9.90 Å². The molecule has 22 heavy (non-hydrogen) atoms. The summed E-state index contributed by atoms with van der Waals surface area (Å²) in [4.78, 5) is 11.6. The van der Waals surface area contributed by atoms with Gasteiger partial charge in [0.1, 0.15) is 0 Å². The lowest BCUT2D eigenvalue weighted by atomic mass is 10.0. The van der Waals surface area contributed by atoms with Gasteiger partial charge in [0.15, 0.2) is 0 Å². The summed E-state index contributed by atoms with van der Waals surface area (Å²) < 4.78 is 0. The van der Waals surface area contributed by atoms with Crippen LogP contribution in [0.15, 0.2) is 42.5 Å². The van der Waals surface area contributed by atoms with Crippen molar-refractivity contribution in [3.8, 4) is 0 Å². The Labute approximate surface area is 135 Å². The fourth-order valence-electron chi connectivity index (χ4n) is 2.20. The number of hydrogen-bond acceptors (Lipinski definition) is 3. The van der Waals surface area contributed by atoms with Gasteiger partial charge < -0.3 is 15.7 Å². The first kappa shape index (κ1) is 16.6. The smallest absolute Gasteiger partial charge is 0.314 e. The molecule has 2 amide bonds. The predicted molar refractivity (Wildman–Crippen MR) is 93.3 cm³/mol. The maximum absolute atomic E-state index is 11.6. The van der Waals surface area contributed by atoms with Gasteiger partial charge in [0, 0.05) is 13.1 Å². The van der Waals surface area contributed by atoms with Gasteiger partial charge in [-0.3, -0.25) is 0 Å². The van der Waals surface area contributed by atoms with Gasteiger partial charge in [-0.15, -0.1) is 0 Å². The fraction of sp³-hybridized carbons (Fsp3) is 0.353. The molecule has 2 rings (SSSR count). The molecule has 4 nitrogen and oxygen atoms in total. The van der Waals surface area contributed by atoms with Crippen LogP contribution in [0.25, 0.3) is 10.8 Å². The van der Waals surface area contributed by atoms with E-state index in [-0.39, 0.29) is 12.6 Å². The number of benzene rings is 2. The summed E-state index contributed by atoms with van der Waals surface area (Å²) in [6.45, 7) is 0.853. The third kappa shape index (κ3) is 4.93. The van der Waals surface area contributed by atoms with Crippen LogP contribution in [0.4, 0.5) is 4.79 Å². The van der Waals surface area contributed by atoms with Crippen molar-refractivity contribution in [2.45, 2.75) is 12.5 Å².